The first-order valence-electron chi connectivity index (χ1n) is 3.72. The molecule has 2 rings (SSSR count). The SMILES string of the molecule is COc1cc(Br)cc2c(Cl)c[nH]c12. The molecule has 4 heteroatoms. The minimum Gasteiger partial charge on any atom is -0.495 e. The van der Waals surface area contributed by atoms with E-state index < -0.39 is 0 Å². The molecule has 2 aromatic rings. The van der Waals surface area contributed by atoms with E-state index in [4.69, 9.17) is 16.3 Å². The zero-order valence-corrected chi connectivity index (χ0v) is 9.24. The molecule has 1 N–H and O–H groups in total. The number of hydrogen-bond acceptors (Lipinski definition) is 1. The standard InChI is InChI=1S/C9H7BrClNO/c1-13-8-3-5(10)2-6-7(11)4-12-9(6)8/h2-4,12H,1H3. The van der Waals surface area contributed by atoms with Crippen LogP contribution in [0.15, 0.2) is 22.8 Å². The third-order valence-electron chi connectivity index (χ3n) is 1.89. The highest BCUT2D eigenvalue weighted by atomic mass is 79.9. The van der Waals surface area contributed by atoms with Crippen molar-refractivity contribution in [2.75, 3.05) is 7.11 Å². The Bertz CT molecular complexity index is 452. The summed E-state index contributed by atoms with van der Waals surface area (Å²) in [6.45, 7) is 0. The van der Waals surface area contributed by atoms with Crippen LogP contribution in [0.3, 0.4) is 0 Å². The fourth-order valence-corrected chi connectivity index (χ4v) is 1.93. The smallest absolute Gasteiger partial charge is 0.144 e. The number of aromatic amines is 1. The van der Waals surface area contributed by atoms with E-state index in [-0.39, 0.29) is 0 Å². The second kappa shape index (κ2) is 3.24. The quantitative estimate of drug-likeness (QED) is 0.833. The normalized spacial score (nSPS) is 10.7. The lowest BCUT2D eigenvalue weighted by Gasteiger charge is -2.02. The molecule has 0 unspecified atom stereocenters. The number of nitrogens with one attached hydrogen (secondary N) is 1. The summed E-state index contributed by atoms with van der Waals surface area (Å²) in [5.41, 5.74) is 0.927. The van der Waals surface area contributed by atoms with Gasteiger partial charge in [0.25, 0.3) is 0 Å². The van der Waals surface area contributed by atoms with Gasteiger partial charge in [-0.05, 0) is 12.1 Å². The summed E-state index contributed by atoms with van der Waals surface area (Å²) in [5.74, 6) is 0.788. The molecule has 0 radical (unpaired) electrons. The molecule has 2 nitrogen and oxygen atoms in total. The van der Waals surface area contributed by atoms with Crippen molar-refractivity contribution in [3.8, 4) is 5.75 Å². The number of methoxy groups -OCH3 is 1. The molecule has 0 fully saturated rings. The van der Waals surface area contributed by atoms with E-state index in [1.54, 1.807) is 13.3 Å². The molecule has 0 amide bonds. The summed E-state index contributed by atoms with van der Waals surface area (Å²) < 4.78 is 6.16. The third-order valence-corrected chi connectivity index (χ3v) is 2.66. The summed E-state index contributed by atoms with van der Waals surface area (Å²) in [6, 6.07) is 3.85. The molecule has 0 bridgehead atoms. The Labute approximate surface area is 89.0 Å². The van der Waals surface area contributed by atoms with Gasteiger partial charge in [0.15, 0.2) is 0 Å². The monoisotopic (exact) mass is 259 g/mol. The van der Waals surface area contributed by atoms with Gasteiger partial charge in [-0.25, -0.2) is 0 Å². The average Bonchev–Trinajstić information content (AvgIpc) is 2.47. The van der Waals surface area contributed by atoms with Gasteiger partial charge in [-0.15, -0.1) is 0 Å². The lowest BCUT2D eigenvalue weighted by molar-refractivity contribution is 0.419. The summed E-state index contributed by atoms with van der Waals surface area (Å²) in [5, 5.41) is 1.67. The van der Waals surface area contributed by atoms with E-state index >= 15 is 0 Å². The summed E-state index contributed by atoms with van der Waals surface area (Å²) in [7, 11) is 1.63. The maximum Gasteiger partial charge on any atom is 0.144 e. The number of rotatable bonds is 1. The minimum atomic E-state index is 0.703. The number of benzene rings is 1. The van der Waals surface area contributed by atoms with Crippen LogP contribution < -0.4 is 4.74 Å². The largest absolute Gasteiger partial charge is 0.495 e. The van der Waals surface area contributed by atoms with Gasteiger partial charge in [-0.1, -0.05) is 27.5 Å². The van der Waals surface area contributed by atoms with Gasteiger partial charge in [0, 0.05) is 16.1 Å². The van der Waals surface area contributed by atoms with Crippen LogP contribution in [0.4, 0.5) is 0 Å². The maximum atomic E-state index is 5.97. The maximum absolute atomic E-state index is 5.97. The summed E-state index contributed by atoms with van der Waals surface area (Å²) in [4.78, 5) is 3.06. The van der Waals surface area contributed by atoms with Crippen LogP contribution in [0, 0.1) is 0 Å². The van der Waals surface area contributed by atoms with Crippen LogP contribution in [-0.4, -0.2) is 12.1 Å². The van der Waals surface area contributed by atoms with Crippen molar-refractivity contribution in [1.29, 1.82) is 0 Å². The molecule has 0 aliphatic heterocycles. The molecule has 1 aromatic heterocycles. The highest BCUT2D eigenvalue weighted by Crippen LogP contribution is 2.33. The van der Waals surface area contributed by atoms with Crippen molar-refractivity contribution in [2.45, 2.75) is 0 Å². The highest BCUT2D eigenvalue weighted by molar-refractivity contribution is 9.10. The Hall–Kier alpha value is -0.670. The summed E-state index contributed by atoms with van der Waals surface area (Å²) >= 11 is 9.36. The van der Waals surface area contributed by atoms with Crippen molar-refractivity contribution in [3.05, 3.63) is 27.8 Å². The number of aromatic nitrogens is 1. The topological polar surface area (TPSA) is 25.0 Å². The van der Waals surface area contributed by atoms with E-state index in [1.165, 1.54) is 0 Å². The van der Waals surface area contributed by atoms with Gasteiger partial charge in [0.2, 0.25) is 0 Å². The molecular formula is C9H7BrClNO. The van der Waals surface area contributed by atoms with Crippen LogP contribution in [0.1, 0.15) is 0 Å². The van der Waals surface area contributed by atoms with E-state index in [9.17, 15) is 0 Å². The van der Waals surface area contributed by atoms with E-state index in [0.717, 1.165) is 21.1 Å². The number of halogens is 2. The second-order valence-electron chi connectivity index (χ2n) is 2.67. The van der Waals surface area contributed by atoms with Crippen molar-refractivity contribution in [2.24, 2.45) is 0 Å². The van der Waals surface area contributed by atoms with Gasteiger partial charge in [-0.3, -0.25) is 0 Å². The van der Waals surface area contributed by atoms with Gasteiger partial charge in [0.05, 0.1) is 17.6 Å². The third kappa shape index (κ3) is 1.42. The number of H-pyrrole nitrogens is 1. The molecule has 0 saturated carbocycles. The zero-order valence-electron chi connectivity index (χ0n) is 6.90. The van der Waals surface area contributed by atoms with Crippen molar-refractivity contribution >= 4 is 38.4 Å². The molecular weight excluding hydrogens is 253 g/mol. The van der Waals surface area contributed by atoms with Gasteiger partial charge < -0.3 is 9.72 Å². The van der Waals surface area contributed by atoms with Gasteiger partial charge in [0.1, 0.15) is 5.75 Å². The Morgan fingerprint density at radius 1 is 1.46 bits per heavy atom. The van der Waals surface area contributed by atoms with Gasteiger partial charge in [-0.2, -0.15) is 0 Å². The minimum absolute atomic E-state index is 0.703. The molecule has 0 spiro atoms. The van der Waals surface area contributed by atoms with Crippen LogP contribution in [0.2, 0.25) is 5.02 Å². The Balaban J connectivity index is 2.84. The first-order valence-corrected chi connectivity index (χ1v) is 4.89. The average molecular weight is 261 g/mol. The Morgan fingerprint density at radius 3 is 2.92 bits per heavy atom. The first kappa shape index (κ1) is 8.91. The zero-order chi connectivity index (χ0) is 9.42. The van der Waals surface area contributed by atoms with Crippen LogP contribution >= 0.6 is 27.5 Å². The van der Waals surface area contributed by atoms with Gasteiger partial charge >= 0.3 is 0 Å². The molecule has 1 heterocycles. The number of ether oxygens (including phenoxy) is 1. The van der Waals surface area contributed by atoms with Crippen LogP contribution in [-0.2, 0) is 0 Å². The molecule has 13 heavy (non-hydrogen) atoms. The molecule has 0 atom stereocenters. The van der Waals surface area contributed by atoms with Crippen LogP contribution in [0.25, 0.3) is 10.9 Å². The predicted molar refractivity (Wildman–Crippen MR) is 57.6 cm³/mol. The molecule has 1 aromatic carbocycles. The van der Waals surface area contributed by atoms with Crippen molar-refractivity contribution < 1.29 is 4.74 Å². The first-order chi connectivity index (χ1) is 6.22. The fraction of sp³-hybridized carbons (Fsp3) is 0.111. The highest BCUT2D eigenvalue weighted by Gasteiger charge is 2.07. The second-order valence-corrected chi connectivity index (χ2v) is 3.99. The molecule has 68 valence electrons. The predicted octanol–water partition coefficient (Wildman–Crippen LogP) is 3.59. The van der Waals surface area contributed by atoms with Crippen molar-refractivity contribution in [3.63, 3.8) is 0 Å². The molecule has 0 aliphatic carbocycles. The number of hydrogen-bond donors (Lipinski definition) is 1. The van der Waals surface area contributed by atoms with Crippen LogP contribution in [0.5, 0.6) is 5.75 Å². The lowest BCUT2D eigenvalue weighted by atomic mass is 10.2. The Kier molecular flexibility index (Phi) is 2.22. The van der Waals surface area contributed by atoms with E-state index in [2.05, 4.69) is 20.9 Å². The van der Waals surface area contributed by atoms with Crippen molar-refractivity contribution in [1.82, 2.24) is 4.98 Å². The van der Waals surface area contributed by atoms with E-state index in [0.29, 0.717) is 5.02 Å². The molecule has 0 saturated heterocycles. The fourth-order valence-electron chi connectivity index (χ4n) is 1.29. The van der Waals surface area contributed by atoms with E-state index in [1.807, 2.05) is 12.1 Å². The lowest BCUT2D eigenvalue weighted by Crippen LogP contribution is -1.84. The summed E-state index contributed by atoms with van der Waals surface area (Å²) in [6.07, 6.45) is 1.75. The Morgan fingerprint density at radius 2 is 2.23 bits per heavy atom. The molecule has 0 aliphatic rings. The number of fused-ring (bicyclic) bond motifs is 1.